The summed E-state index contributed by atoms with van der Waals surface area (Å²) in [4.78, 5) is 17.5. The van der Waals surface area contributed by atoms with Gasteiger partial charge in [0.1, 0.15) is 0 Å². The molecule has 0 unspecified atom stereocenters. The third kappa shape index (κ3) is 4.52. The fourth-order valence-corrected chi connectivity index (χ4v) is 4.26. The quantitative estimate of drug-likeness (QED) is 0.338. The van der Waals surface area contributed by atoms with Gasteiger partial charge in [-0.1, -0.05) is 29.8 Å². The van der Waals surface area contributed by atoms with Gasteiger partial charge in [0.2, 0.25) is 0 Å². The van der Waals surface area contributed by atoms with E-state index in [4.69, 9.17) is 11.6 Å². The van der Waals surface area contributed by atoms with Crippen LogP contribution in [0.3, 0.4) is 0 Å². The van der Waals surface area contributed by atoms with Gasteiger partial charge in [0.15, 0.2) is 22.9 Å². The summed E-state index contributed by atoms with van der Waals surface area (Å²) in [5.74, 6) is -0.475. The van der Waals surface area contributed by atoms with E-state index in [-0.39, 0.29) is 22.9 Å². The minimum atomic E-state index is -4.69. The summed E-state index contributed by atoms with van der Waals surface area (Å²) in [5, 5.41) is 13.0. The van der Waals surface area contributed by atoms with E-state index in [0.29, 0.717) is 21.0 Å². The second-order valence-electron chi connectivity index (χ2n) is 7.28. The Morgan fingerprint density at radius 3 is 2.68 bits per heavy atom. The molecule has 0 aliphatic rings. The molecule has 1 amide bonds. The van der Waals surface area contributed by atoms with E-state index in [1.54, 1.807) is 46.6 Å². The predicted molar refractivity (Wildman–Crippen MR) is 122 cm³/mol. The maximum atomic E-state index is 13.7. The lowest BCUT2D eigenvalue weighted by Crippen LogP contribution is -2.16. The van der Waals surface area contributed by atoms with Crippen LogP contribution in [-0.2, 0) is 12.7 Å². The van der Waals surface area contributed by atoms with Gasteiger partial charge < -0.3 is 5.32 Å². The van der Waals surface area contributed by atoms with Crippen molar-refractivity contribution in [2.45, 2.75) is 12.7 Å². The minimum absolute atomic E-state index is 0.0881. The molecule has 1 aromatic carbocycles. The van der Waals surface area contributed by atoms with Gasteiger partial charge in [0.05, 0.1) is 17.1 Å². The molecule has 0 atom stereocenters. The Morgan fingerprint density at radius 2 is 1.94 bits per heavy atom. The number of aromatic nitrogens is 5. The number of alkyl halides is 3. The number of halogens is 4. The van der Waals surface area contributed by atoms with E-state index in [1.165, 1.54) is 17.4 Å². The summed E-state index contributed by atoms with van der Waals surface area (Å²) in [6.07, 6.45) is -3.02. The smallest absolute Gasteiger partial charge is 0.304 e. The highest BCUT2D eigenvalue weighted by atomic mass is 35.5. The average Bonchev–Trinajstić information content (AvgIpc) is 3.53. The van der Waals surface area contributed by atoms with Gasteiger partial charge in [-0.2, -0.15) is 23.4 Å². The van der Waals surface area contributed by atoms with Crippen molar-refractivity contribution in [2.24, 2.45) is 0 Å². The lowest BCUT2D eigenvalue weighted by Gasteiger charge is -2.10. The Bertz CT molecular complexity index is 1490. The number of nitrogens with zero attached hydrogens (tertiary/aromatic N) is 5. The first-order valence-electron chi connectivity index (χ1n) is 9.87. The number of thiophene rings is 1. The van der Waals surface area contributed by atoms with Crippen LogP contribution in [0, 0.1) is 0 Å². The maximum absolute atomic E-state index is 13.7. The first kappa shape index (κ1) is 22.1. The zero-order chi connectivity index (χ0) is 23.9. The van der Waals surface area contributed by atoms with Crippen LogP contribution in [0.5, 0.6) is 0 Å². The summed E-state index contributed by atoms with van der Waals surface area (Å²) in [6, 6.07) is 14.4. The van der Waals surface area contributed by atoms with Crippen molar-refractivity contribution in [1.82, 2.24) is 24.4 Å². The fraction of sp³-hybridized carbons (Fsp3) is 0.0909. The van der Waals surface area contributed by atoms with Crippen molar-refractivity contribution in [2.75, 3.05) is 5.32 Å². The van der Waals surface area contributed by atoms with Gasteiger partial charge in [0, 0.05) is 23.4 Å². The molecule has 5 aromatic rings. The summed E-state index contributed by atoms with van der Waals surface area (Å²) in [5.41, 5.74) is -0.256. The molecule has 0 saturated heterocycles. The molecule has 4 heterocycles. The molecule has 5 rings (SSSR count). The summed E-state index contributed by atoms with van der Waals surface area (Å²) in [7, 11) is 0. The van der Waals surface area contributed by atoms with Gasteiger partial charge in [0.25, 0.3) is 5.91 Å². The number of anilines is 1. The third-order valence-electron chi connectivity index (χ3n) is 4.84. The van der Waals surface area contributed by atoms with Crippen LogP contribution in [0.25, 0.3) is 16.2 Å². The van der Waals surface area contributed by atoms with E-state index in [1.807, 2.05) is 12.1 Å². The summed E-state index contributed by atoms with van der Waals surface area (Å²) < 4.78 is 43.3. The average molecular weight is 503 g/mol. The molecule has 0 spiro atoms. The number of hydrogen-bond acceptors (Lipinski definition) is 5. The van der Waals surface area contributed by atoms with E-state index in [9.17, 15) is 18.0 Å². The monoisotopic (exact) mass is 502 g/mol. The van der Waals surface area contributed by atoms with Crippen molar-refractivity contribution in [3.05, 3.63) is 88.1 Å². The van der Waals surface area contributed by atoms with Crippen molar-refractivity contribution in [1.29, 1.82) is 0 Å². The van der Waals surface area contributed by atoms with Crippen LogP contribution in [0.4, 0.5) is 19.0 Å². The topological polar surface area (TPSA) is 77.1 Å². The molecule has 0 aliphatic carbocycles. The SMILES string of the molecule is O=C(Nc1ccn(Cc2cccc(Cl)c2)n1)c1cc2nc(-c3cccs3)cc(C(F)(F)F)n2n1. The van der Waals surface area contributed by atoms with E-state index >= 15 is 0 Å². The van der Waals surface area contributed by atoms with Gasteiger partial charge in [-0.05, 0) is 35.2 Å². The second-order valence-corrected chi connectivity index (χ2v) is 8.67. The molecule has 12 heteroatoms. The number of carbonyl (C=O) groups excluding carboxylic acids is 1. The molecule has 0 radical (unpaired) electrons. The fourth-order valence-electron chi connectivity index (χ4n) is 3.36. The van der Waals surface area contributed by atoms with Crippen molar-refractivity contribution < 1.29 is 18.0 Å². The summed E-state index contributed by atoms with van der Waals surface area (Å²) in [6.45, 7) is 0.426. The Hall–Kier alpha value is -3.70. The number of rotatable bonds is 5. The lowest BCUT2D eigenvalue weighted by atomic mass is 10.2. The Morgan fingerprint density at radius 1 is 1.09 bits per heavy atom. The van der Waals surface area contributed by atoms with E-state index < -0.39 is 17.8 Å². The molecule has 7 nitrogen and oxygen atoms in total. The van der Waals surface area contributed by atoms with Gasteiger partial charge in [-0.15, -0.1) is 11.3 Å². The molecule has 0 fully saturated rings. The van der Waals surface area contributed by atoms with Crippen LogP contribution in [0.15, 0.2) is 66.2 Å². The van der Waals surface area contributed by atoms with Crippen LogP contribution in [0.1, 0.15) is 21.7 Å². The molecular weight excluding hydrogens is 489 g/mol. The number of fused-ring (bicyclic) bond motifs is 1. The normalized spacial score (nSPS) is 11.8. The van der Waals surface area contributed by atoms with E-state index in [2.05, 4.69) is 20.5 Å². The maximum Gasteiger partial charge on any atom is 0.433 e. The molecular formula is C22H14ClF3N6OS. The lowest BCUT2D eigenvalue weighted by molar-refractivity contribution is -0.142. The largest absolute Gasteiger partial charge is 0.433 e. The van der Waals surface area contributed by atoms with Crippen molar-refractivity contribution in [3.8, 4) is 10.6 Å². The van der Waals surface area contributed by atoms with Gasteiger partial charge in [-0.25, -0.2) is 9.50 Å². The van der Waals surface area contributed by atoms with Crippen molar-refractivity contribution in [3.63, 3.8) is 0 Å². The number of nitrogens with one attached hydrogen (secondary N) is 1. The second kappa shape index (κ2) is 8.58. The Balaban J connectivity index is 1.41. The number of hydrogen-bond donors (Lipinski definition) is 1. The highest BCUT2D eigenvalue weighted by Gasteiger charge is 2.35. The van der Waals surface area contributed by atoms with Gasteiger partial charge in [-0.3, -0.25) is 9.48 Å². The molecule has 172 valence electrons. The molecule has 34 heavy (non-hydrogen) atoms. The Kier molecular flexibility index (Phi) is 5.58. The number of amides is 1. The number of benzene rings is 1. The van der Waals surface area contributed by atoms with Gasteiger partial charge >= 0.3 is 6.18 Å². The molecule has 0 aliphatic heterocycles. The number of carbonyl (C=O) groups is 1. The standard InChI is InChI=1S/C22H14ClF3N6OS/c23-14-4-1-3-13(9-14)12-31-7-6-19(30-31)28-21(33)16-11-20-27-15(17-5-2-8-34-17)10-18(22(24,25)26)32(20)29-16/h1-11H,12H2,(H,28,30,33). The molecule has 0 bridgehead atoms. The van der Waals surface area contributed by atoms with Crippen LogP contribution in [-0.4, -0.2) is 30.3 Å². The first-order chi connectivity index (χ1) is 16.3. The molecule has 0 saturated carbocycles. The molecule has 4 aromatic heterocycles. The minimum Gasteiger partial charge on any atom is -0.304 e. The highest BCUT2D eigenvalue weighted by molar-refractivity contribution is 7.13. The van der Waals surface area contributed by atoms with Crippen molar-refractivity contribution >= 4 is 40.3 Å². The van der Waals surface area contributed by atoms with E-state index in [0.717, 1.165) is 11.6 Å². The van der Waals surface area contributed by atoms with Crippen LogP contribution >= 0.6 is 22.9 Å². The predicted octanol–water partition coefficient (Wildman–Crippen LogP) is 5.63. The zero-order valence-electron chi connectivity index (χ0n) is 17.1. The Labute approximate surface area is 199 Å². The molecule has 1 N–H and O–H groups in total. The zero-order valence-corrected chi connectivity index (χ0v) is 18.7. The third-order valence-corrected chi connectivity index (χ3v) is 5.97. The van der Waals surface area contributed by atoms with Crippen LogP contribution in [0.2, 0.25) is 5.02 Å². The first-order valence-corrected chi connectivity index (χ1v) is 11.1. The van der Waals surface area contributed by atoms with Crippen LogP contribution < -0.4 is 5.32 Å². The summed E-state index contributed by atoms with van der Waals surface area (Å²) >= 11 is 7.26. The highest BCUT2D eigenvalue weighted by Crippen LogP contribution is 2.33.